The number of anilines is 1. The molecule has 4 aromatic rings. The smallest absolute Gasteiger partial charge is 0.307 e. The lowest BCUT2D eigenvalue weighted by Gasteiger charge is -2.32. The van der Waals surface area contributed by atoms with Crippen LogP contribution < -0.4 is 11.3 Å². The molecule has 44 heavy (non-hydrogen) atoms. The molecule has 0 aliphatic carbocycles. The van der Waals surface area contributed by atoms with Crippen molar-refractivity contribution in [3.05, 3.63) is 69.8 Å². The Morgan fingerprint density at radius 2 is 1.27 bits per heavy atom. The lowest BCUT2D eigenvalue weighted by molar-refractivity contribution is -0.147. The minimum atomic E-state index is -0.910. The number of nitrogens with one attached hydrogen (secondary N) is 3. The molecule has 4 rings (SSSR count). The Bertz CT molecular complexity index is 1520. The van der Waals surface area contributed by atoms with E-state index in [9.17, 15) is 24.6 Å². The van der Waals surface area contributed by atoms with E-state index in [1.807, 2.05) is 47.6 Å². The van der Waals surface area contributed by atoms with Crippen LogP contribution in [0.25, 0.3) is 0 Å². The van der Waals surface area contributed by atoms with Crippen LogP contribution in [-0.4, -0.2) is 73.4 Å². The molecule has 0 saturated heterocycles. The topological polar surface area (TPSA) is 255 Å². The van der Waals surface area contributed by atoms with E-state index in [1.54, 1.807) is 24.5 Å². The van der Waals surface area contributed by atoms with Gasteiger partial charge in [-0.15, -0.1) is 20.4 Å². The number of hydrogen-bond acceptors (Lipinski definition) is 11. The Balaban J connectivity index is 0.000000240. The van der Waals surface area contributed by atoms with Crippen molar-refractivity contribution in [2.45, 2.75) is 66.2 Å². The minimum absolute atomic E-state index is 0.203. The van der Waals surface area contributed by atoms with Crippen LogP contribution in [-0.2, 0) is 22.4 Å². The number of aromatic amines is 3. The molecule has 16 heteroatoms. The standard InChI is InChI=1S/C14H20N6O2.C14H19N5O3/c1-14(2,3)11(13(21)22)9(12-17-19-20-18-12)6-8-4-5-10(15)16-7-8;1-14(2,3)11(13(21)22)9(12-16-18-19-17-12)6-8-4-5-10(20)15-7-8/h4-5,7,9,11H,6H2,1-3H3,(H2,15,16)(H,21,22)(H,17,18,19,20);4-5,7,9,11H,6H2,1-3H3,(H,15,20)(H,21,22)(H,16,17,18,19)/t2*9-,11-/m00/s1. The molecular weight excluding hydrogens is 570 g/mol. The lowest BCUT2D eigenvalue weighted by Crippen LogP contribution is -2.35. The maximum absolute atomic E-state index is 11.8. The molecule has 16 nitrogen and oxygen atoms in total. The number of nitrogen functional groups attached to an aromatic ring is 1. The molecule has 0 aliphatic heterocycles. The van der Waals surface area contributed by atoms with Gasteiger partial charge in [-0.05, 0) is 40.9 Å². The average Bonchev–Trinajstić information content (AvgIpc) is 3.64. The van der Waals surface area contributed by atoms with Crippen LogP contribution in [0.2, 0.25) is 0 Å². The van der Waals surface area contributed by atoms with Crippen molar-refractivity contribution in [2.75, 3.05) is 5.73 Å². The van der Waals surface area contributed by atoms with E-state index >= 15 is 0 Å². The van der Waals surface area contributed by atoms with Crippen molar-refractivity contribution in [2.24, 2.45) is 22.7 Å². The van der Waals surface area contributed by atoms with Crippen molar-refractivity contribution in [1.82, 2.24) is 51.2 Å². The number of carboxylic acid groups (broad SMARTS) is 2. The van der Waals surface area contributed by atoms with E-state index in [0.29, 0.717) is 30.3 Å². The highest BCUT2D eigenvalue weighted by Crippen LogP contribution is 2.40. The second-order valence-corrected chi connectivity index (χ2v) is 12.7. The van der Waals surface area contributed by atoms with Gasteiger partial charge in [0.05, 0.1) is 11.8 Å². The largest absolute Gasteiger partial charge is 0.481 e. The van der Waals surface area contributed by atoms with Crippen LogP contribution in [0.15, 0.2) is 41.5 Å². The van der Waals surface area contributed by atoms with E-state index in [-0.39, 0.29) is 5.56 Å². The van der Waals surface area contributed by atoms with Crippen molar-refractivity contribution in [3.8, 4) is 0 Å². The molecule has 0 aliphatic rings. The maximum Gasteiger partial charge on any atom is 0.307 e. The molecule has 0 fully saturated rings. The average molecular weight is 610 g/mol. The van der Waals surface area contributed by atoms with Gasteiger partial charge in [-0.2, -0.15) is 10.4 Å². The zero-order valence-corrected chi connectivity index (χ0v) is 25.5. The summed E-state index contributed by atoms with van der Waals surface area (Å²) in [6.07, 6.45) is 4.06. The van der Waals surface area contributed by atoms with Crippen LogP contribution in [0.3, 0.4) is 0 Å². The summed E-state index contributed by atoms with van der Waals surface area (Å²) < 4.78 is 0. The number of aliphatic carboxylic acids is 2. The number of tetrazole rings is 2. The SMILES string of the molecule is CC(C)(C)[C@H](C(=O)O)[C@H](Cc1ccc(=O)[nH]c1)c1nn[nH]n1.CC(C)(C)[C@H](C(=O)O)[C@H](Cc1ccc(N)nc1)c1nn[nH]n1. The monoisotopic (exact) mass is 609 g/mol. The van der Waals surface area contributed by atoms with Crippen LogP contribution >= 0.6 is 0 Å². The Labute approximate surface area is 253 Å². The van der Waals surface area contributed by atoms with E-state index in [4.69, 9.17) is 5.73 Å². The molecule has 7 N–H and O–H groups in total. The molecule has 4 aromatic heterocycles. The van der Waals surface area contributed by atoms with Gasteiger partial charge in [0.15, 0.2) is 11.6 Å². The summed E-state index contributed by atoms with van der Waals surface area (Å²) in [7, 11) is 0. The highest BCUT2D eigenvalue weighted by molar-refractivity contribution is 5.72. The number of nitrogens with two attached hydrogens (primary N) is 1. The normalized spacial score (nSPS) is 14.5. The first-order valence-electron chi connectivity index (χ1n) is 13.9. The molecule has 0 spiro atoms. The van der Waals surface area contributed by atoms with Crippen LogP contribution in [0.4, 0.5) is 5.82 Å². The van der Waals surface area contributed by atoms with E-state index in [2.05, 4.69) is 51.2 Å². The van der Waals surface area contributed by atoms with Gasteiger partial charge in [0.2, 0.25) is 5.56 Å². The summed E-state index contributed by atoms with van der Waals surface area (Å²) >= 11 is 0. The summed E-state index contributed by atoms with van der Waals surface area (Å²) in [5, 5.41) is 47.1. The summed E-state index contributed by atoms with van der Waals surface area (Å²) in [4.78, 5) is 41.4. The fourth-order valence-electron chi connectivity index (χ4n) is 5.30. The van der Waals surface area contributed by atoms with E-state index < -0.39 is 46.4 Å². The van der Waals surface area contributed by atoms with Crippen molar-refractivity contribution < 1.29 is 19.8 Å². The number of H-pyrrole nitrogens is 3. The Kier molecular flexibility index (Phi) is 10.6. The second kappa shape index (κ2) is 14.0. The van der Waals surface area contributed by atoms with E-state index in [0.717, 1.165) is 11.1 Å². The predicted octanol–water partition coefficient (Wildman–Crippen LogP) is 2.21. The van der Waals surface area contributed by atoms with Gasteiger partial charge in [-0.3, -0.25) is 14.4 Å². The Hall–Kier alpha value is -5.02. The number of carbonyl (C=O) groups is 2. The first-order valence-corrected chi connectivity index (χ1v) is 13.9. The number of pyridine rings is 2. The number of hydrogen-bond donors (Lipinski definition) is 6. The van der Waals surface area contributed by atoms with Crippen LogP contribution in [0.1, 0.15) is 76.2 Å². The summed E-state index contributed by atoms with van der Waals surface area (Å²) in [5.74, 6) is -2.86. The molecule has 0 bridgehead atoms. The molecular formula is C28H39N11O5. The highest BCUT2D eigenvalue weighted by atomic mass is 16.4. The van der Waals surface area contributed by atoms with Crippen molar-refractivity contribution >= 4 is 17.8 Å². The Morgan fingerprint density at radius 1 is 0.795 bits per heavy atom. The quantitative estimate of drug-likeness (QED) is 0.151. The molecule has 0 saturated carbocycles. The molecule has 0 radical (unpaired) electrons. The van der Waals surface area contributed by atoms with Gasteiger partial charge in [0.1, 0.15) is 5.82 Å². The highest BCUT2D eigenvalue weighted by Gasteiger charge is 2.42. The zero-order chi connectivity index (χ0) is 32.7. The molecule has 0 unspecified atom stereocenters. The zero-order valence-electron chi connectivity index (χ0n) is 25.5. The lowest BCUT2D eigenvalue weighted by atomic mass is 9.71. The third-order valence-corrected chi connectivity index (χ3v) is 7.20. The first kappa shape index (κ1) is 33.5. The van der Waals surface area contributed by atoms with Crippen LogP contribution in [0, 0.1) is 22.7 Å². The summed E-state index contributed by atoms with van der Waals surface area (Å²) in [6, 6.07) is 6.61. The minimum Gasteiger partial charge on any atom is -0.481 e. The first-order chi connectivity index (χ1) is 20.6. The third-order valence-electron chi connectivity index (χ3n) is 7.20. The van der Waals surface area contributed by atoms with Gasteiger partial charge in [0.25, 0.3) is 0 Å². The molecule has 0 aromatic carbocycles. The number of rotatable bonds is 10. The summed E-state index contributed by atoms with van der Waals surface area (Å²) in [5.41, 5.74) is 6.12. The number of aromatic nitrogens is 10. The van der Waals surface area contributed by atoms with Crippen LogP contribution in [0.5, 0.6) is 0 Å². The van der Waals surface area contributed by atoms with Gasteiger partial charge >= 0.3 is 11.9 Å². The van der Waals surface area contributed by atoms with Crippen molar-refractivity contribution in [1.29, 1.82) is 0 Å². The van der Waals surface area contributed by atoms with Crippen molar-refractivity contribution in [3.63, 3.8) is 0 Å². The summed E-state index contributed by atoms with van der Waals surface area (Å²) in [6.45, 7) is 11.3. The number of nitrogens with zero attached hydrogens (tertiary/aromatic N) is 7. The van der Waals surface area contributed by atoms with Gasteiger partial charge < -0.3 is 20.9 Å². The van der Waals surface area contributed by atoms with Gasteiger partial charge in [-0.1, -0.05) is 64.1 Å². The number of carboxylic acids is 2. The van der Waals surface area contributed by atoms with E-state index in [1.165, 1.54) is 6.07 Å². The van der Waals surface area contributed by atoms with Gasteiger partial charge in [0, 0.05) is 30.3 Å². The predicted molar refractivity (Wildman–Crippen MR) is 158 cm³/mol. The molecule has 236 valence electrons. The second-order valence-electron chi connectivity index (χ2n) is 12.7. The molecule has 4 heterocycles. The third kappa shape index (κ3) is 8.99. The van der Waals surface area contributed by atoms with Gasteiger partial charge in [-0.25, -0.2) is 4.98 Å². The fourth-order valence-corrected chi connectivity index (χ4v) is 5.30. The molecule has 0 amide bonds. The molecule has 4 atom stereocenters. The Morgan fingerprint density at radius 3 is 1.61 bits per heavy atom. The maximum atomic E-state index is 11.8. The fraction of sp³-hybridized carbons (Fsp3) is 0.500.